The number of hydrogen-bond donors (Lipinski definition) is 2. The minimum Gasteiger partial charge on any atom is -0.495 e. The smallest absolute Gasteiger partial charge is 0.267 e. The Morgan fingerprint density at radius 2 is 2.08 bits per heavy atom. The van der Waals surface area contributed by atoms with E-state index in [-0.39, 0.29) is 10.6 Å². The van der Waals surface area contributed by atoms with Gasteiger partial charge in [0, 0.05) is 11.9 Å². The summed E-state index contributed by atoms with van der Waals surface area (Å²) in [5, 5.41) is 14.5. The molecule has 0 unspecified atom stereocenters. The van der Waals surface area contributed by atoms with E-state index in [2.05, 4.69) is 10.6 Å². The van der Waals surface area contributed by atoms with Gasteiger partial charge in [0.05, 0.1) is 17.8 Å². The van der Waals surface area contributed by atoms with Gasteiger partial charge in [-0.1, -0.05) is 17.7 Å². The Morgan fingerprint density at radius 3 is 2.72 bits per heavy atom. The lowest BCUT2D eigenvalue weighted by Crippen LogP contribution is -2.15. The third-order valence-corrected chi connectivity index (χ3v) is 3.56. The lowest BCUT2D eigenvalue weighted by molar-refractivity contribution is -0.112. The van der Waals surface area contributed by atoms with Crippen LogP contribution in [0.3, 0.4) is 0 Å². The van der Waals surface area contributed by atoms with E-state index in [1.165, 1.54) is 31.5 Å². The molecule has 0 aliphatic heterocycles. The first-order chi connectivity index (χ1) is 11.9. The number of benzene rings is 2. The van der Waals surface area contributed by atoms with Crippen LogP contribution >= 0.6 is 11.6 Å². The molecule has 0 saturated carbocycles. The van der Waals surface area contributed by atoms with Crippen molar-refractivity contribution in [2.24, 2.45) is 0 Å². The second-order valence-electron chi connectivity index (χ2n) is 5.10. The molecule has 7 heteroatoms. The highest BCUT2D eigenvalue weighted by atomic mass is 35.5. The molecule has 2 aromatic carbocycles. The molecule has 0 spiro atoms. The summed E-state index contributed by atoms with van der Waals surface area (Å²) in [5.74, 6) is -0.678. The zero-order valence-corrected chi connectivity index (χ0v) is 14.3. The second kappa shape index (κ2) is 8.18. The van der Waals surface area contributed by atoms with Crippen LogP contribution in [0.15, 0.2) is 48.2 Å². The van der Waals surface area contributed by atoms with Crippen LogP contribution in [0.5, 0.6) is 5.75 Å². The third-order valence-electron chi connectivity index (χ3n) is 3.27. The zero-order valence-electron chi connectivity index (χ0n) is 13.6. The van der Waals surface area contributed by atoms with Crippen molar-refractivity contribution < 1.29 is 13.9 Å². The highest BCUT2D eigenvalue weighted by Crippen LogP contribution is 2.25. The highest BCUT2D eigenvalue weighted by molar-refractivity contribution is 6.31. The van der Waals surface area contributed by atoms with E-state index in [0.29, 0.717) is 17.1 Å². The summed E-state index contributed by atoms with van der Waals surface area (Å²) >= 11 is 5.69. The molecular weight excluding hydrogens is 345 g/mol. The van der Waals surface area contributed by atoms with Crippen molar-refractivity contribution in [3.63, 3.8) is 0 Å². The SMILES string of the molecule is COc1ccc(C)cc1NC(=O)/C(C#N)=C\Nc1ccc(F)c(Cl)c1. The topological polar surface area (TPSA) is 74.1 Å². The Bertz CT molecular complexity index is 875. The number of amides is 1. The molecule has 2 rings (SSSR count). The zero-order chi connectivity index (χ0) is 18.4. The van der Waals surface area contributed by atoms with Gasteiger partial charge >= 0.3 is 0 Å². The molecule has 25 heavy (non-hydrogen) atoms. The molecule has 0 atom stereocenters. The lowest BCUT2D eigenvalue weighted by atomic mass is 10.2. The van der Waals surface area contributed by atoms with Crippen LogP contribution in [0.4, 0.5) is 15.8 Å². The number of rotatable bonds is 5. The van der Waals surface area contributed by atoms with Crippen molar-refractivity contribution >= 4 is 28.9 Å². The molecule has 0 aliphatic carbocycles. The summed E-state index contributed by atoms with van der Waals surface area (Å²) in [7, 11) is 1.49. The van der Waals surface area contributed by atoms with Crippen molar-refractivity contribution in [1.82, 2.24) is 0 Å². The van der Waals surface area contributed by atoms with Gasteiger partial charge < -0.3 is 15.4 Å². The summed E-state index contributed by atoms with van der Waals surface area (Å²) in [5.41, 5.74) is 1.67. The number of nitriles is 1. The Morgan fingerprint density at radius 1 is 1.32 bits per heavy atom. The molecule has 1 amide bonds. The number of carbonyl (C=O) groups is 1. The number of nitrogens with zero attached hydrogens (tertiary/aromatic N) is 1. The first kappa shape index (κ1) is 18.3. The monoisotopic (exact) mass is 359 g/mol. The molecule has 0 aliphatic rings. The number of aryl methyl sites for hydroxylation is 1. The van der Waals surface area contributed by atoms with E-state index in [0.717, 1.165) is 5.56 Å². The van der Waals surface area contributed by atoms with Gasteiger partial charge in [0.2, 0.25) is 0 Å². The van der Waals surface area contributed by atoms with Crippen molar-refractivity contribution in [3.05, 3.63) is 64.6 Å². The van der Waals surface area contributed by atoms with E-state index in [9.17, 15) is 14.4 Å². The first-order valence-corrected chi connectivity index (χ1v) is 7.60. The van der Waals surface area contributed by atoms with Gasteiger partial charge in [0.25, 0.3) is 5.91 Å². The maximum atomic E-state index is 13.1. The summed E-state index contributed by atoms with van der Waals surface area (Å²) < 4.78 is 18.3. The molecule has 5 nitrogen and oxygen atoms in total. The fourth-order valence-electron chi connectivity index (χ4n) is 2.00. The minimum absolute atomic E-state index is 0.0640. The Kier molecular flexibility index (Phi) is 5.98. The van der Waals surface area contributed by atoms with E-state index in [4.69, 9.17) is 16.3 Å². The van der Waals surface area contributed by atoms with Crippen LogP contribution in [-0.2, 0) is 4.79 Å². The molecule has 0 aromatic heterocycles. The Labute approximate surface area is 149 Å². The van der Waals surface area contributed by atoms with Gasteiger partial charge in [-0.15, -0.1) is 0 Å². The number of nitrogens with one attached hydrogen (secondary N) is 2. The molecule has 128 valence electrons. The van der Waals surface area contributed by atoms with Crippen LogP contribution in [0.1, 0.15) is 5.56 Å². The van der Waals surface area contributed by atoms with Gasteiger partial charge in [-0.2, -0.15) is 5.26 Å². The van der Waals surface area contributed by atoms with Gasteiger partial charge in [-0.25, -0.2) is 4.39 Å². The standard InChI is InChI=1S/C18H15ClFN3O2/c1-11-3-6-17(25-2)16(7-11)23-18(24)12(9-21)10-22-13-4-5-15(20)14(19)8-13/h3-8,10,22H,1-2H3,(H,23,24)/b12-10-. The van der Waals surface area contributed by atoms with Gasteiger partial charge in [-0.05, 0) is 42.8 Å². The highest BCUT2D eigenvalue weighted by Gasteiger charge is 2.12. The average molecular weight is 360 g/mol. The fourth-order valence-corrected chi connectivity index (χ4v) is 2.18. The predicted molar refractivity (Wildman–Crippen MR) is 95.1 cm³/mol. The maximum Gasteiger partial charge on any atom is 0.267 e. The third kappa shape index (κ3) is 4.72. The molecule has 0 heterocycles. The summed E-state index contributed by atoms with van der Waals surface area (Å²) in [6.45, 7) is 1.87. The van der Waals surface area contributed by atoms with Gasteiger partial charge in [-0.3, -0.25) is 4.79 Å². The first-order valence-electron chi connectivity index (χ1n) is 7.22. The van der Waals surface area contributed by atoms with Crippen molar-refractivity contribution in [2.45, 2.75) is 6.92 Å². The quantitative estimate of drug-likeness (QED) is 0.618. The minimum atomic E-state index is -0.605. The molecule has 0 bridgehead atoms. The average Bonchev–Trinajstić information content (AvgIpc) is 2.58. The number of ether oxygens (including phenoxy) is 1. The number of carbonyl (C=O) groups excluding carboxylic acids is 1. The Balaban J connectivity index is 2.17. The number of hydrogen-bond acceptors (Lipinski definition) is 4. The fraction of sp³-hybridized carbons (Fsp3) is 0.111. The van der Waals surface area contributed by atoms with E-state index in [1.807, 2.05) is 19.1 Å². The summed E-state index contributed by atoms with van der Waals surface area (Å²) in [6.07, 6.45) is 1.22. The van der Waals surface area contributed by atoms with Crippen LogP contribution in [0.25, 0.3) is 0 Å². The van der Waals surface area contributed by atoms with Crippen molar-refractivity contribution in [2.75, 3.05) is 17.7 Å². The summed E-state index contributed by atoms with van der Waals surface area (Å²) in [6, 6.07) is 11.1. The van der Waals surface area contributed by atoms with E-state index >= 15 is 0 Å². The molecule has 0 saturated heterocycles. The lowest BCUT2D eigenvalue weighted by Gasteiger charge is -2.10. The van der Waals surface area contributed by atoms with Crippen LogP contribution < -0.4 is 15.4 Å². The molecular formula is C18H15ClFN3O2. The van der Waals surface area contributed by atoms with Crippen LogP contribution in [0, 0.1) is 24.1 Å². The van der Waals surface area contributed by atoms with Crippen LogP contribution in [0.2, 0.25) is 5.02 Å². The molecule has 2 aromatic rings. The van der Waals surface area contributed by atoms with Gasteiger partial charge in [0.15, 0.2) is 0 Å². The van der Waals surface area contributed by atoms with Crippen LogP contribution in [-0.4, -0.2) is 13.0 Å². The molecule has 2 N–H and O–H groups in total. The maximum absolute atomic E-state index is 13.1. The van der Waals surface area contributed by atoms with Crippen molar-refractivity contribution in [3.8, 4) is 11.8 Å². The van der Waals surface area contributed by atoms with Gasteiger partial charge in [0.1, 0.15) is 23.2 Å². The molecule has 0 fully saturated rings. The predicted octanol–water partition coefficient (Wildman–Crippen LogP) is 4.25. The van der Waals surface area contributed by atoms with E-state index < -0.39 is 11.7 Å². The van der Waals surface area contributed by atoms with E-state index in [1.54, 1.807) is 12.1 Å². The Hall–Kier alpha value is -3.04. The number of halogens is 2. The largest absolute Gasteiger partial charge is 0.495 e. The number of methoxy groups -OCH3 is 1. The second-order valence-corrected chi connectivity index (χ2v) is 5.51. The normalized spacial score (nSPS) is 10.8. The number of anilines is 2. The van der Waals surface area contributed by atoms with Crippen molar-refractivity contribution in [1.29, 1.82) is 5.26 Å². The summed E-state index contributed by atoms with van der Waals surface area (Å²) in [4.78, 5) is 12.3. The molecule has 0 radical (unpaired) electrons.